The Kier molecular flexibility index (Phi) is 3.67. The van der Waals surface area contributed by atoms with Gasteiger partial charge in [0, 0.05) is 25.7 Å². The molecular weight excluding hydrogens is 374 g/mol. The zero-order chi connectivity index (χ0) is 20.3. The fourth-order valence-corrected chi connectivity index (χ4v) is 3.30. The molecule has 1 saturated carbocycles. The molecule has 3 heterocycles. The van der Waals surface area contributed by atoms with Gasteiger partial charge in [0.05, 0.1) is 5.39 Å². The van der Waals surface area contributed by atoms with Crippen LogP contribution in [0, 0.1) is 0 Å². The highest BCUT2D eigenvalue weighted by atomic mass is 16.3. The molecule has 0 spiro atoms. The van der Waals surface area contributed by atoms with Crippen molar-refractivity contribution < 1.29 is 9.21 Å². The molecule has 1 N–H and O–H groups in total. The summed E-state index contributed by atoms with van der Waals surface area (Å²) in [7, 11) is 2.91. The predicted molar refractivity (Wildman–Crippen MR) is 106 cm³/mol. The van der Waals surface area contributed by atoms with Gasteiger partial charge in [0.2, 0.25) is 0 Å². The average Bonchev–Trinajstić information content (AvgIpc) is 3.49. The molecule has 0 unspecified atom stereocenters. The predicted octanol–water partition coefficient (Wildman–Crippen LogP) is 1.90. The van der Waals surface area contributed by atoms with Crippen LogP contribution < -0.4 is 16.6 Å². The molecule has 1 aromatic carbocycles. The van der Waals surface area contributed by atoms with Crippen molar-refractivity contribution in [1.82, 2.24) is 19.1 Å². The first-order chi connectivity index (χ1) is 13.9. The van der Waals surface area contributed by atoms with Crippen molar-refractivity contribution in [3.05, 3.63) is 62.8 Å². The number of anilines is 1. The second-order valence-corrected chi connectivity index (χ2v) is 7.24. The first-order valence-electron chi connectivity index (χ1n) is 9.21. The molecule has 146 valence electrons. The Bertz CT molecular complexity index is 1420. The number of fused-ring (bicyclic) bond motifs is 2. The number of aryl methyl sites for hydroxylation is 1. The lowest BCUT2D eigenvalue weighted by molar-refractivity contribution is 0.102. The van der Waals surface area contributed by atoms with Gasteiger partial charge >= 0.3 is 5.69 Å². The van der Waals surface area contributed by atoms with Crippen molar-refractivity contribution >= 4 is 33.7 Å². The van der Waals surface area contributed by atoms with E-state index in [0.717, 1.165) is 23.3 Å². The van der Waals surface area contributed by atoms with E-state index in [0.29, 0.717) is 22.7 Å². The summed E-state index contributed by atoms with van der Waals surface area (Å²) in [5.41, 5.74) is 1.21. The van der Waals surface area contributed by atoms with Crippen LogP contribution in [0.4, 0.5) is 5.69 Å². The van der Waals surface area contributed by atoms with E-state index in [1.54, 1.807) is 18.2 Å². The van der Waals surface area contributed by atoms with Crippen LogP contribution in [0.3, 0.4) is 0 Å². The minimum atomic E-state index is -0.504. The molecule has 0 bridgehead atoms. The highest BCUT2D eigenvalue weighted by Crippen LogP contribution is 2.40. The number of nitrogens with zero attached hydrogens (tertiary/aromatic N) is 4. The zero-order valence-corrected chi connectivity index (χ0v) is 15.8. The van der Waals surface area contributed by atoms with Crippen LogP contribution in [0.15, 0.2) is 44.3 Å². The third kappa shape index (κ3) is 2.82. The number of oxazole rings is 1. The molecule has 9 nitrogen and oxygen atoms in total. The monoisotopic (exact) mass is 391 g/mol. The van der Waals surface area contributed by atoms with E-state index in [9.17, 15) is 14.4 Å². The number of nitrogens with one attached hydrogen (secondary N) is 1. The van der Waals surface area contributed by atoms with Crippen LogP contribution in [0.5, 0.6) is 0 Å². The van der Waals surface area contributed by atoms with Crippen molar-refractivity contribution in [2.75, 3.05) is 5.32 Å². The lowest BCUT2D eigenvalue weighted by atomic mass is 10.2. The number of rotatable bonds is 3. The number of hydrogen-bond donors (Lipinski definition) is 1. The quantitative estimate of drug-likeness (QED) is 0.571. The third-order valence-electron chi connectivity index (χ3n) is 5.12. The van der Waals surface area contributed by atoms with Gasteiger partial charge in [-0.25, -0.2) is 14.8 Å². The molecule has 1 amide bonds. The van der Waals surface area contributed by atoms with Gasteiger partial charge in [0.15, 0.2) is 11.5 Å². The second kappa shape index (κ2) is 6.13. The minimum Gasteiger partial charge on any atom is -0.440 e. The summed E-state index contributed by atoms with van der Waals surface area (Å²) >= 11 is 0. The number of benzene rings is 1. The summed E-state index contributed by atoms with van der Waals surface area (Å²) in [6.07, 6.45) is 2.19. The number of amides is 1. The first kappa shape index (κ1) is 17.4. The van der Waals surface area contributed by atoms with Crippen LogP contribution in [0.25, 0.3) is 22.1 Å². The molecule has 0 atom stereocenters. The lowest BCUT2D eigenvalue weighted by Gasteiger charge is -2.09. The maximum absolute atomic E-state index is 12.7. The van der Waals surface area contributed by atoms with Crippen LogP contribution in [-0.4, -0.2) is 25.0 Å². The molecule has 1 fully saturated rings. The molecule has 4 aromatic rings. The van der Waals surface area contributed by atoms with E-state index >= 15 is 0 Å². The molecule has 5 rings (SSSR count). The first-order valence-corrected chi connectivity index (χ1v) is 9.21. The summed E-state index contributed by atoms with van der Waals surface area (Å²) in [6, 6.07) is 8.21. The maximum Gasteiger partial charge on any atom is 0.332 e. The van der Waals surface area contributed by atoms with Gasteiger partial charge in [-0.05, 0) is 43.2 Å². The summed E-state index contributed by atoms with van der Waals surface area (Å²) in [6.45, 7) is 0. The lowest BCUT2D eigenvalue weighted by Crippen LogP contribution is -2.37. The van der Waals surface area contributed by atoms with Gasteiger partial charge in [-0.2, -0.15) is 0 Å². The topological polar surface area (TPSA) is 112 Å². The van der Waals surface area contributed by atoms with Gasteiger partial charge in [0.1, 0.15) is 16.9 Å². The molecule has 0 aliphatic heterocycles. The Hall–Kier alpha value is -3.75. The fraction of sp³-hybridized carbons (Fsp3) is 0.250. The normalized spacial score (nSPS) is 13.9. The Morgan fingerprint density at radius 2 is 1.90 bits per heavy atom. The Morgan fingerprint density at radius 3 is 2.66 bits per heavy atom. The SMILES string of the molecule is Cn1c(=O)c2ccc(C(=O)Nc3ccc4oc(C5CC5)nc4c3)nc2n(C)c1=O. The third-order valence-corrected chi connectivity index (χ3v) is 5.12. The summed E-state index contributed by atoms with van der Waals surface area (Å²) < 4.78 is 7.98. The number of hydrogen-bond acceptors (Lipinski definition) is 6. The van der Waals surface area contributed by atoms with E-state index in [1.807, 2.05) is 0 Å². The van der Waals surface area contributed by atoms with Crippen molar-refractivity contribution in [1.29, 1.82) is 0 Å². The van der Waals surface area contributed by atoms with Crippen molar-refractivity contribution in [3.63, 3.8) is 0 Å². The zero-order valence-electron chi connectivity index (χ0n) is 15.8. The van der Waals surface area contributed by atoms with Crippen LogP contribution in [-0.2, 0) is 14.1 Å². The highest BCUT2D eigenvalue weighted by molar-refractivity contribution is 6.04. The maximum atomic E-state index is 12.7. The van der Waals surface area contributed by atoms with Gasteiger partial charge in [0.25, 0.3) is 11.5 Å². The molecule has 1 aliphatic rings. The Balaban J connectivity index is 1.49. The Morgan fingerprint density at radius 1 is 1.10 bits per heavy atom. The van der Waals surface area contributed by atoms with Crippen molar-refractivity contribution in [2.24, 2.45) is 14.1 Å². The van der Waals surface area contributed by atoms with Crippen LogP contribution in [0.2, 0.25) is 0 Å². The van der Waals surface area contributed by atoms with Gasteiger partial charge in [-0.15, -0.1) is 0 Å². The minimum absolute atomic E-state index is 0.0969. The van der Waals surface area contributed by atoms with Crippen molar-refractivity contribution in [2.45, 2.75) is 18.8 Å². The van der Waals surface area contributed by atoms with Gasteiger partial charge in [-0.1, -0.05) is 0 Å². The van der Waals surface area contributed by atoms with Gasteiger partial charge in [-0.3, -0.25) is 18.7 Å². The summed E-state index contributed by atoms with van der Waals surface area (Å²) in [5, 5.41) is 3.04. The average molecular weight is 391 g/mol. The summed E-state index contributed by atoms with van der Waals surface area (Å²) in [4.78, 5) is 45.8. The fourth-order valence-electron chi connectivity index (χ4n) is 3.30. The number of pyridine rings is 1. The van der Waals surface area contributed by atoms with E-state index in [4.69, 9.17) is 4.42 Å². The van der Waals surface area contributed by atoms with Crippen LogP contribution >= 0.6 is 0 Å². The number of carbonyl (C=O) groups excluding carboxylic acids is 1. The molecule has 0 saturated heterocycles. The molecule has 1 aliphatic carbocycles. The molecule has 9 heteroatoms. The van der Waals surface area contributed by atoms with E-state index in [2.05, 4.69) is 15.3 Å². The summed E-state index contributed by atoms with van der Waals surface area (Å²) in [5.74, 6) is 0.689. The standard InChI is InChI=1S/C20H17N5O4/c1-24-16-12(19(27)25(2)20(24)28)6-7-13(22-16)17(26)21-11-5-8-15-14(9-11)23-18(29-15)10-3-4-10/h5-10H,3-4H2,1-2H3,(H,21,26). The van der Waals surface area contributed by atoms with E-state index in [-0.39, 0.29) is 16.7 Å². The van der Waals surface area contributed by atoms with E-state index < -0.39 is 17.2 Å². The number of carbonyl (C=O) groups is 1. The molecule has 0 radical (unpaired) electrons. The second-order valence-electron chi connectivity index (χ2n) is 7.24. The highest BCUT2D eigenvalue weighted by Gasteiger charge is 2.29. The molecule has 29 heavy (non-hydrogen) atoms. The van der Waals surface area contributed by atoms with Gasteiger partial charge < -0.3 is 9.73 Å². The van der Waals surface area contributed by atoms with Crippen molar-refractivity contribution in [3.8, 4) is 0 Å². The molecular formula is C20H17N5O4. The molecule has 3 aromatic heterocycles. The largest absolute Gasteiger partial charge is 0.440 e. The van der Waals surface area contributed by atoms with E-state index in [1.165, 1.54) is 30.8 Å². The van der Waals surface area contributed by atoms with Crippen LogP contribution in [0.1, 0.15) is 35.1 Å². The smallest absolute Gasteiger partial charge is 0.332 e. The Labute approximate surface area is 163 Å². The number of aromatic nitrogens is 4.